The topological polar surface area (TPSA) is 17.1 Å². The van der Waals surface area contributed by atoms with E-state index < -0.39 is 0 Å². The van der Waals surface area contributed by atoms with Crippen molar-refractivity contribution in [3.63, 3.8) is 0 Å². The average Bonchev–Trinajstić information content (AvgIpc) is 2.26. The van der Waals surface area contributed by atoms with Crippen LogP contribution in [0, 0.1) is 0 Å². The monoisotopic (exact) mass is 202 g/mol. The molecule has 1 aromatic carbocycles. The average molecular weight is 202 g/mol. The summed E-state index contributed by atoms with van der Waals surface area (Å²) >= 11 is 0. The summed E-state index contributed by atoms with van der Waals surface area (Å²) in [7, 11) is 0. The number of rotatable bonds is 4. The summed E-state index contributed by atoms with van der Waals surface area (Å²) in [6.07, 6.45) is 3.67. The van der Waals surface area contributed by atoms with Gasteiger partial charge in [-0.1, -0.05) is 38.1 Å². The van der Waals surface area contributed by atoms with Gasteiger partial charge in [-0.25, -0.2) is 0 Å². The Balaban J connectivity index is 2.98. The Bertz CT molecular complexity index is 357. The van der Waals surface area contributed by atoms with Gasteiger partial charge in [-0.2, -0.15) is 0 Å². The van der Waals surface area contributed by atoms with Gasteiger partial charge in [-0.15, -0.1) is 0 Å². The highest BCUT2D eigenvalue weighted by Crippen LogP contribution is 2.18. The summed E-state index contributed by atoms with van der Waals surface area (Å²) in [5.74, 6) is 0.117. The Labute approximate surface area is 91.8 Å². The summed E-state index contributed by atoms with van der Waals surface area (Å²) in [6, 6.07) is 8.44. The molecule has 0 heterocycles. The molecule has 0 aromatic heterocycles. The maximum absolute atomic E-state index is 11.0. The molecule has 80 valence electrons. The molecule has 15 heavy (non-hydrogen) atoms. The lowest BCUT2D eigenvalue weighted by Crippen LogP contribution is -1.89. The van der Waals surface area contributed by atoms with Crippen LogP contribution in [-0.4, -0.2) is 5.78 Å². The van der Waals surface area contributed by atoms with E-state index >= 15 is 0 Å². The number of allylic oxidation sites excluding steroid dienone is 2. The molecular formula is C14H18O. The van der Waals surface area contributed by atoms with E-state index in [9.17, 15) is 4.79 Å². The third-order valence-electron chi connectivity index (χ3n) is 2.49. The van der Waals surface area contributed by atoms with Gasteiger partial charge in [-0.3, -0.25) is 4.79 Å². The van der Waals surface area contributed by atoms with Crippen LogP contribution in [0.4, 0.5) is 0 Å². The molecule has 0 fully saturated rings. The number of carbonyl (C=O) groups is 1. The highest BCUT2D eigenvalue weighted by atomic mass is 16.1. The van der Waals surface area contributed by atoms with Crippen molar-refractivity contribution in [3.8, 4) is 0 Å². The van der Waals surface area contributed by atoms with E-state index in [1.165, 1.54) is 5.56 Å². The van der Waals surface area contributed by atoms with Crippen molar-refractivity contribution >= 4 is 11.4 Å². The molecule has 0 radical (unpaired) electrons. The third-order valence-corrected chi connectivity index (χ3v) is 2.49. The molecule has 0 atom stereocenters. The fraction of sp³-hybridized carbons (Fsp3) is 0.357. The van der Waals surface area contributed by atoms with Crippen molar-refractivity contribution in [3.05, 3.63) is 41.5 Å². The minimum absolute atomic E-state index is 0.117. The molecule has 0 spiro atoms. The number of hydrogen-bond donors (Lipinski definition) is 0. The second-order valence-corrected chi connectivity index (χ2v) is 3.68. The van der Waals surface area contributed by atoms with E-state index in [2.05, 4.69) is 38.1 Å². The summed E-state index contributed by atoms with van der Waals surface area (Å²) in [5, 5.41) is 0. The van der Waals surface area contributed by atoms with Gasteiger partial charge in [0.05, 0.1) is 0 Å². The van der Waals surface area contributed by atoms with Crippen molar-refractivity contribution < 1.29 is 4.79 Å². The Hall–Kier alpha value is -1.37. The second-order valence-electron chi connectivity index (χ2n) is 3.68. The molecule has 1 aromatic rings. The smallest absolute Gasteiger partial charge is 0.152 e. The standard InChI is InChI=1S/C14H18O/c1-4-12-6-8-14(9-7-12)13(5-2)10-11(3)15/h6-10H,4-5H2,1-3H3/b13-10-. The van der Waals surface area contributed by atoms with Crippen molar-refractivity contribution in [2.24, 2.45) is 0 Å². The van der Waals surface area contributed by atoms with Gasteiger partial charge in [0.2, 0.25) is 0 Å². The molecule has 1 heteroatoms. The maximum Gasteiger partial charge on any atom is 0.152 e. The molecule has 0 saturated carbocycles. The summed E-state index contributed by atoms with van der Waals surface area (Å²) in [6.45, 7) is 5.81. The lowest BCUT2D eigenvalue weighted by molar-refractivity contribution is -0.112. The van der Waals surface area contributed by atoms with Crippen LogP contribution in [-0.2, 0) is 11.2 Å². The lowest BCUT2D eigenvalue weighted by Gasteiger charge is -2.05. The first kappa shape index (κ1) is 11.7. The number of hydrogen-bond acceptors (Lipinski definition) is 1. The van der Waals surface area contributed by atoms with Crippen molar-refractivity contribution in [1.82, 2.24) is 0 Å². The van der Waals surface area contributed by atoms with E-state index in [-0.39, 0.29) is 5.78 Å². The van der Waals surface area contributed by atoms with Crippen LogP contribution in [0.5, 0.6) is 0 Å². The normalized spacial score (nSPS) is 11.5. The largest absolute Gasteiger partial charge is 0.295 e. The van der Waals surface area contributed by atoms with Crippen LogP contribution in [0.1, 0.15) is 38.3 Å². The number of carbonyl (C=O) groups excluding carboxylic acids is 1. The molecule has 1 nitrogen and oxygen atoms in total. The maximum atomic E-state index is 11.0. The first-order valence-electron chi connectivity index (χ1n) is 5.47. The number of ketones is 1. The van der Waals surface area contributed by atoms with E-state index in [1.807, 2.05) is 0 Å². The fourth-order valence-corrected chi connectivity index (χ4v) is 1.59. The Kier molecular flexibility index (Phi) is 4.29. The number of aryl methyl sites for hydroxylation is 1. The van der Waals surface area contributed by atoms with Gasteiger partial charge >= 0.3 is 0 Å². The first-order valence-corrected chi connectivity index (χ1v) is 5.47. The quantitative estimate of drug-likeness (QED) is 0.681. The van der Waals surface area contributed by atoms with E-state index in [1.54, 1.807) is 13.0 Å². The molecule has 0 unspecified atom stereocenters. The molecule has 0 saturated heterocycles. The van der Waals surface area contributed by atoms with Crippen molar-refractivity contribution in [1.29, 1.82) is 0 Å². The molecule has 0 bridgehead atoms. The minimum atomic E-state index is 0.117. The summed E-state index contributed by atoms with van der Waals surface area (Å²) in [5.41, 5.74) is 3.60. The summed E-state index contributed by atoms with van der Waals surface area (Å²) in [4.78, 5) is 11.0. The van der Waals surface area contributed by atoms with Gasteiger partial charge < -0.3 is 0 Å². The van der Waals surface area contributed by atoms with Crippen LogP contribution in [0.15, 0.2) is 30.3 Å². The predicted octanol–water partition coefficient (Wildman–Crippen LogP) is 3.63. The van der Waals surface area contributed by atoms with E-state index in [0.717, 1.165) is 24.0 Å². The van der Waals surface area contributed by atoms with Crippen LogP contribution >= 0.6 is 0 Å². The highest BCUT2D eigenvalue weighted by Gasteiger charge is 2.00. The van der Waals surface area contributed by atoms with Crippen LogP contribution in [0.2, 0.25) is 0 Å². The lowest BCUT2D eigenvalue weighted by atomic mass is 10.0. The van der Waals surface area contributed by atoms with Gasteiger partial charge in [0, 0.05) is 0 Å². The highest BCUT2D eigenvalue weighted by molar-refractivity contribution is 5.95. The summed E-state index contributed by atoms with van der Waals surface area (Å²) < 4.78 is 0. The van der Waals surface area contributed by atoms with Crippen LogP contribution in [0.3, 0.4) is 0 Å². The molecule has 0 aliphatic carbocycles. The third kappa shape index (κ3) is 3.35. The molecule has 0 amide bonds. The molecule has 0 aliphatic heterocycles. The van der Waals surface area contributed by atoms with Gasteiger partial charge in [0.15, 0.2) is 5.78 Å². The minimum Gasteiger partial charge on any atom is -0.295 e. The molecular weight excluding hydrogens is 184 g/mol. The number of benzene rings is 1. The zero-order chi connectivity index (χ0) is 11.3. The van der Waals surface area contributed by atoms with E-state index in [4.69, 9.17) is 0 Å². The SMILES string of the molecule is CC/C(=C/C(C)=O)c1ccc(CC)cc1. The van der Waals surface area contributed by atoms with Crippen molar-refractivity contribution in [2.75, 3.05) is 0 Å². The molecule has 1 rings (SSSR count). The van der Waals surface area contributed by atoms with Crippen LogP contribution < -0.4 is 0 Å². The Morgan fingerprint density at radius 3 is 2.20 bits per heavy atom. The fourth-order valence-electron chi connectivity index (χ4n) is 1.59. The van der Waals surface area contributed by atoms with E-state index in [0.29, 0.717) is 0 Å². The first-order chi connectivity index (χ1) is 7.17. The van der Waals surface area contributed by atoms with Gasteiger partial charge in [-0.05, 0) is 42.5 Å². The second kappa shape index (κ2) is 5.50. The molecule has 0 N–H and O–H groups in total. The zero-order valence-corrected chi connectivity index (χ0v) is 9.71. The Morgan fingerprint density at radius 1 is 1.20 bits per heavy atom. The molecule has 0 aliphatic rings. The van der Waals surface area contributed by atoms with Gasteiger partial charge in [0.25, 0.3) is 0 Å². The van der Waals surface area contributed by atoms with Crippen LogP contribution in [0.25, 0.3) is 5.57 Å². The van der Waals surface area contributed by atoms with Gasteiger partial charge in [0.1, 0.15) is 0 Å². The predicted molar refractivity (Wildman–Crippen MR) is 64.8 cm³/mol. The zero-order valence-electron chi connectivity index (χ0n) is 9.71. The van der Waals surface area contributed by atoms with Crippen molar-refractivity contribution in [2.45, 2.75) is 33.6 Å². The Morgan fingerprint density at radius 2 is 1.80 bits per heavy atom.